The Labute approximate surface area is 259 Å². The maximum absolute atomic E-state index is 13.6. The second-order valence-corrected chi connectivity index (χ2v) is 15.8. The quantitative estimate of drug-likeness (QED) is 0.273. The number of carbonyl (C=O) groups is 2. The zero-order chi connectivity index (χ0) is 31.4. The molecule has 238 valence electrons. The molecule has 13 heteroatoms. The van der Waals surface area contributed by atoms with Crippen LogP contribution in [0.25, 0.3) is 10.4 Å². The lowest BCUT2D eigenvalue weighted by Crippen LogP contribution is -2.42. The van der Waals surface area contributed by atoms with Crippen LogP contribution in [-0.2, 0) is 19.5 Å². The highest BCUT2D eigenvalue weighted by atomic mass is 32.2. The molecule has 0 bridgehead atoms. The van der Waals surface area contributed by atoms with E-state index in [1.165, 1.54) is 17.4 Å². The second-order valence-electron chi connectivity index (χ2n) is 13.1. The van der Waals surface area contributed by atoms with Gasteiger partial charge in [-0.05, 0) is 98.7 Å². The van der Waals surface area contributed by atoms with Crippen molar-refractivity contribution in [3.63, 3.8) is 0 Å². The summed E-state index contributed by atoms with van der Waals surface area (Å²) in [6.07, 6.45) is 5.80. The van der Waals surface area contributed by atoms with E-state index in [0.29, 0.717) is 11.3 Å². The highest BCUT2D eigenvalue weighted by molar-refractivity contribution is 7.89. The van der Waals surface area contributed by atoms with E-state index < -0.39 is 21.7 Å². The van der Waals surface area contributed by atoms with E-state index in [2.05, 4.69) is 25.7 Å². The number of amides is 2. The molecule has 2 aliphatic rings. The van der Waals surface area contributed by atoms with E-state index >= 15 is 0 Å². The molecule has 0 radical (unpaired) electrons. The number of hydrogen-bond donors (Lipinski definition) is 4. The zero-order valence-corrected chi connectivity index (χ0v) is 27.5. The van der Waals surface area contributed by atoms with Crippen molar-refractivity contribution in [2.45, 2.75) is 114 Å². The van der Waals surface area contributed by atoms with Gasteiger partial charge in [0.2, 0.25) is 10.0 Å². The fourth-order valence-electron chi connectivity index (χ4n) is 5.44. The molecule has 11 nitrogen and oxygen atoms in total. The number of rotatable bonds is 9. The number of nitrogens with one attached hydrogen (secondary N) is 4. The highest BCUT2D eigenvalue weighted by Crippen LogP contribution is 2.40. The van der Waals surface area contributed by atoms with Crippen LogP contribution in [0.15, 0.2) is 29.3 Å². The maximum atomic E-state index is 13.6. The summed E-state index contributed by atoms with van der Waals surface area (Å²) in [5.74, 6) is 0.220. The minimum absolute atomic E-state index is 0.0522. The predicted molar refractivity (Wildman–Crippen MR) is 168 cm³/mol. The summed E-state index contributed by atoms with van der Waals surface area (Å²) < 4.78 is 40.6. The fraction of sp³-hybridized carbons (Fsp3) is 0.633. The summed E-state index contributed by atoms with van der Waals surface area (Å²) in [6, 6.07) is 4.90. The van der Waals surface area contributed by atoms with Gasteiger partial charge in [0.25, 0.3) is 0 Å². The molecule has 4 rings (SSSR count). The topological polar surface area (TPSA) is 148 Å². The van der Waals surface area contributed by atoms with Crippen LogP contribution in [0, 0.1) is 0 Å². The van der Waals surface area contributed by atoms with Gasteiger partial charge in [0.1, 0.15) is 6.61 Å². The molecule has 1 saturated carbocycles. The van der Waals surface area contributed by atoms with Crippen LogP contribution < -0.4 is 20.7 Å². The lowest BCUT2D eigenvalue weighted by Gasteiger charge is -2.28. The molecular weight excluding hydrogens is 590 g/mol. The summed E-state index contributed by atoms with van der Waals surface area (Å²) in [5, 5.41) is 9.92. The Hall–Kier alpha value is -2.74. The third-order valence-electron chi connectivity index (χ3n) is 7.47. The summed E-state index contributed by atoms with van der Waals surface area (Å²) in [5.41, 5.74) is -0.145. The average molecular weight is 636 g/mol. The van der Waals surface area contributed by atoms with Crippen LogP contribution >= 0.6 is 11.3 Å². The molecule has 2 amide bonds. The normalized spacial score (nSPS) is 22.8. The SMILES string of the molecule is CC(C)OC(=O)NC1CCC(c2ncc(-c3ccc(NC(=O)OC[C@@]4(C)CCCN4)cc3S(=O)(=O)NC(C)(C)C)s2)CC1. The first-order chi connectivity index (χ1) is 20.1. The van der Waals surface area contributed by atoms with Crippen LogP contribution in [0.1, 0.15) is 91.0 Å². The number of benzene rings is 1. The number of alkyl carbamates (subject to hydrolysis) is 1. The highest BCUT2D eigenvalue weighted by Gasteiger charge is 2.31. The average Bonchev–Trinajstić information content (AvgIpc) is 3.56. The third-order valence-corrected chi connectivity index (χ3v) is 10.5. The minimum atomic E-state index is -3.96. The number of carbonyl (C=O) groups excluding carboxylic acids is 2. The molecule has 1 saturated heterocycles. The maximum Gasteiger partial charge on any atom is 0.411 e. The van der Waals surface area contributed by atoms with Gasteiger partial charge in [0, 0.05) is 40.5 Å². The van der Waals surface area contributed by atoms with Crippen LogP contribution in [-0.4, -0.2) is 62.0 Å². The molecule has 1 aliphatic heterocycles. The van der Waals surface area contributed by atoms with Gasteiger partial charge >= 0.3 is 12.2 Å². The standard InChI is InChI=1S/C30H45N5O6S2/c1-19(2)41-28(37)33-21-10-8-20(9-11-21)26-31-17-24(42-26)23-13-12-22(16-25(23)43(38,39)35-29(3,4)5)34-27(36)40-18-30(6)14-7-15-32-30/h12-13,16-17,19-21,32,35H,7-11,14-15,18H2,1-6H3,(H,33,37)(H,34,36)/t20?,21?,30-/m1/s1. The number of nitrogens with zero attached hydrogens (tertiary/aromatic N) is 1. The number of thiazole rings is 1. The van der Waals surface area contributed by atoms with Crippen molar-refractivity contribution >= 4 is 39.2 Å². The first-order valence-electron chi connectivity index (χ1n) is 14.9. The molecule has 2 aromatic rings. The number of anilines is 1. The smallest absolute Gasteiger partial charge is 0.411 e. The van der Waals surface area contributed by atoms with E-state index in [0.717, 1.165) is 55.0 Å². The van der Waals surface area contributed by atoms with Crippen LogP contribution in [0.5, 0.6) is 0 Å². The van der Waals surface area contributed by atoms with Crippen molar-refractivity contribution in [2.75, 3.05) is 18.5 Å². The first-order valence-corrected chi connectivity index (χ1v) is 17.2. The van der Waals surface area contributed by atoms with Gasteiger partial charge in [-0.15, -0.1) is 11.3 Å². The van der Waals surface area contributed by atoms with Crippen LogP contribution in [0.2, 0.25) is 0 Å². The van der Waals surface area contributed by atoms with Crippen molar-refractivity contribution in [3.05, 3.63) is 29.4 Å². The monoisotopic (exact) mass is 635 g/mol. The number of ether oxygens (including phenoxy) is 2. The Kier molecular flexibility index (Phi) is 10.4. The lowest BCUT2D eigenvalue weighted by molar-refractivity contribution is 0.109. The molecule has 0 unspecified atom stereocenters. The van der Waals surface area contributed by atoms with Crippen molar-refractivity contribution in [3.8, 4) is 10.4 Å². The van der Waals surface area contributed by atoms with E-state index in [1.807, 2.05) is 20.8 Å². The van der Waals surface area contributed by atoms with Gasteiger partial charge in [0.05, 0.1) is 20.9 Å². The molecular formula is C30H45N5O6S2. The molecule has 2 fully saturated rings. The Morgan fingerprint density at radius 1 is 1.16 bits per heavy atom. The van der Waals surface area contributed by atoms with Gasteiger partial charge in [-0.25, -0.2) is 27.7 Å². The molecule has 1 aromatic heterocycles. The van der Waals surface area contributed by atoms with E-state index in [-0.39, 0.29) is 41.2 Å². The molecule has 4 N–H and O–H groups in total. The van der Waals surface area contributed by atoms with Crippen LogP contribution in [0.4, 0.5) is 15.3 Å². The number of aromatic nitrogens is 1. The Morgan fingerprint density at radius 2 is 1.88 bits per heavy atom. The minimum Gasteiger partial charge on any atom is -0.447 e. The Bertz CT molecular complexity index is 1390. The van der Waals surface area contributed by atoms with E-state index in [4.69, 9.17) is 9.47 Å². The zero-order valence-electron chi connectivity index (χ0n) is 25.9. The number of hydrogen-bond acceptors (Lipinski definition) is 9. The Balaban J connectivity index is 1.50. The van der Waals surface area contributed by atoms with Crippen molar-refractivity contribution in [2.24, 2.45) is 0 Å². The van der Waals surface area contributed by atoms with Gasteiger partial charge in [-0.2, -0.15) is 0 Å². The molecule has 1 aliphatic carbocycles. The fourth-order valence-corrected chi connectivity index (χ4v) is 8.30. The molecule has 1 atom stereocenters. The van der Waals surface area contributed by atoms with Crippen molar-refractivity contribution < 1.29 is 27.5 Å². The first kappa shape index (κ1) is 33.2. The summed E-state index contributed by atoms with van der Waals surface area (Å²) in [6.45, 7) is 12.1. The van der Waals surface area contributed by atoms with Crippen molar-refractivity contribution in [1.82, 2.24) is 20.3 Å². The van der Waals surface area contributed by atoms with Crippen LogP contribution in [0.3, 0.4) is 0 Å². The second kappa shape index (κ2) is 13.5. The Morgan fingerprint density at radius 3 is 2.51 bits per heavy atom. The molecule has 2 heterocycles. The summed E-state index contributed by atoms with van der Waals surface area (Å²) >= 11 is 1.47. The summed E-state index contributed by atoms with van der Waals surface area (Å²) in [7, 11) is -3.96. The van der Waals surface area contributed by atoms with E-state index in [1.54, 1.807) is 39.1 Å². The number of sulfonamides is 1. The predicted octanol–water partition coefficient (Wildman–Crippen LogP) is 5.74. The molecule has 0 spiro atoms. The van der Waals surface area contributed by atoms with Crippen molar-refractivity contribution in [1.29, 1.82) is 0 Å². The third kappa shape index (κ3) is 9.37. The molecule has 43 heavy (non-hydrogen) atoms. The van der Waals surface area contributed by atoms with Gasteiger partial charge in [-0.3, -0.25) is 5.32 Å². The molecule has 1 aromatic carbocycles. The van der Waals surface area contributed by atoms with Gasteiger partial charge in [0.15, 0.2) is 0 Å². The van der Waals surface area contributed by atoms with Gasteiger partial charge in [-0.1, -0.05) is 6.07 Å². The van der Waals surface area contributed by atoms with E-state index in [9.17, 15) is 18.0 Å². The lowest BCUT2D eigenvalue weighted by atomic mass is 9.86. The summed E-state index contributed by atoms with van der Waals surface area (Å²) in [4.78, 5) is 30.0. The largest absolute Gasteiger partial charge is 0.447 e. The van der Waals surface area contributed by atoms with Gasteiger partial charge < -0.3 is 20.1 Å².